The fraction of sp³-hybridized carbons (Fsp3) is 0.333. The number of fused-ring (bicyclic) bond motifs is 2. The first-order valence-corrected chi connectivity index (χ1v) is 7.04. The zero-order valence-corrected chi connectivity index (χ0v) is 11.8. The van der Waals surface area contributed by atoms with Crippen LogP contribution in [0.4, 0.5) is 0 Å². The number of hydrogen-bond acceptors (Lipinski definition) is 1. The quantitative estimate of drug-likeness (QED) is 0.751. The summed E-state index contributed by atoms with van der Waals surface area (Å²) in [4.78, 5) is 2.36. The predicted molar refractivity (Wildman–Crippen MR) is 80.6 cm³/mol. The molecule has 1 heteroatoms. The van der Waals surface area contributed by atoms with E-state index in [0.717, 1.165) is 19.3 Å². The van der Waals surface area contributed by atoms with Gasteiger partial charge in [-0.2, -0.15) is 0 Å². The highest BCUT2D eigenvalue weighted by atomic mass is 15.1. The van der Waals surface area contributed by atoms with Crippen LogP contribution in [-0.4, -0.2) is 25.0 Å². The largest absolute Gasteiger partial charge is 0.306 e. The fourth-order valence-corrected chi connectivity index (χ4v) is 3.01. The van der Waals surface area contributed by atoms with E-state index >= 15 is 0 Å². The summed E-state index contributed by atoms with van der Waals surface area (Å²) >= 11 is 0. The Bertz CT molecular complexity index is 524. The van der Waals surface area contributed by atoms with Crippen molar-refractivity contribution in [2.75, 3.05) is 14.1 Å². The summed E-state index contributed by atoms with van der Waals surface area (Å²) in [5, 5.41) is 0. The zero-order chi connectivity index (χ0) is 13.2. The SMILES string of the molecule is CN(C)C1Cc2ccccc2Cc2ccccc2C1. The molecule has 0 saturated heterocycles. The highest BCUT2D eigenvalue weighted by Gasteiger charge is 2.19. The first kappa shape index (κ1) is 12.4. The van der Waals surface area contributed by atoms with Crippen LogP contribution in [0, 0.1) is 0 Å². The molecule has 0 heterocycles. The van der Waals surface area contributed by atoms with Gasteiger partial charge in [0, 0.05) is 6.04 Å². The Morgan fingerprint density at radius 1 is 0.737 bits per heavy atom. The molecule has 2 aromatic carbocycles. The van der Waals surface area contributed by atoms with Crippen LogP contribution in [-0.2, 0) is 19.3 Å². The van der Waals surface area contributed by atoms with Gasteiger partial charge >= 0.3 is 0 Å². The van der Waals surface area contributed by atoms with Crippen LogP contribution < -0.4 is 0 Å². The van der Waals surface area contributed by atoms with Crippen LogP contribution in [0.25, 0.3) is 0 Å². The highest BCUT2D eigenvalue weighted by Crippen LogP contribution is 2.25. The lowest BCUT2D eigenvalue weighted by Crippen LogP contribution is -2.33. The highest BCUT2D eigenvalue weighted by molar-refractivity contribution is 5.39. The maximum atomic E-state index is 2.36. The second-order valence-electron chi connectivity index (χ2n) is 5.74. The Labute approximate surface area is 115 Å². The topological polar surface area (TPSA) is 3.24 Å². The number of likely N-dealkylation sites (N-methyl/N-ethyl adjacent to an activating group) is 1. The van der Waals surface area contributed by atoms with Crippen LogP contribution in [0.2, 0.25) is 0 Å². The fourth-order valence-electron chi connectivity index (χ4n) is 3.01. The molecule has 0 fully saturated rings. The summed E-state index contributed by atoms with van der Waals surface area (Å²) in [6, 6.07) is 18.4. The molecular formula is C18H21N. The average molecular weight is 251 g/mol. The van der Waals surface area contributed by atoms with Crippen molar-refractivity contribution in [3.8, 4) is 0 Å². The van der Waals surface area contributed by atoms with E-state index in [-0.39, 0.29) is 0 Å². The van der Waals surface area contributed by atoms with Crippen molar-refractivity contribution >= 4 is 0 Å². The van der Waals surface area contributed by atoms with Gasteiger partial charge in [-0.25, -0.2) is 0 Å². The molecule has 1 nitrogen and oxygen atoms in total. The summed E-state index contributed by atoms with van der Waals surface area (Å²) in [7, 11) is 4.38. The molecule has 3 rings (SSSR count). The van der Waals surface area contributed by atoms with Crippen molar-refractivity contribution in [2.24, 2.45) is 0 Å². The molecule has 0 amide bonds. The molecule has 0 N–H and O–H groups in total. The molecule has 0 atom stereocenters. The minimum Gasteiger partial charge on any atom is -0.306 e. The third kappa shape index (κ3) is 2.57. The van der Waals surface area contributed by atoms with Crippen molar-refractivity contribution in [1.82, 2.24) is 4.90 Å². The molecule has 1 aliphatic rings. The molecular weight excluding hydrogens is 230 g/mol. The van der Waals surface area contributed by atoms with Crippen molar-refractivity contribution in [2.45, 2.75) is 25.3 Å². The molecule has 0 spiro atoms. The van der Waals surface area contributed by atoms with E-state index < -0.39 is 0 Å². The maximum absolute atomic E-state index is 2.36. The van der Waals surface area contributed by atoms with Gasteiger partial charge < -0.3 is 4.90 Å². The minimum absolute atomic E-state index is 0.586. The molecule has 0 saturated carbocycles. The van der Waals surface area contributed by atoms with Crippen LogP contribution in [0.15, 0.2) is 48.5 Å². The zero-order valence-electron chi connectivity index (χ0n) is 11.8. The van der Waals surface area contributed by atoms with E-state index in [1.807, 2.05) is 0 Å². The van der Waals surface area contributed by atoms with Gasteiger partial charge in [-0.15, -0.1) is 0 Å². The van der Waals surface area contributed by atoms with Crippen molar-refractivity contribution in [3.63, 3.8) is 0 Å². The smallest absolute Gasteiger partial charge is 0.0170 e. The minimum atomic E-state index is 0.586. The lowest BCUT2D eigenvalue weighted by atomic mass is 9.86. The molecule has 0 aliphatic heterocycles. The van der Waals surface area contributed by atoms with Crippen LogP contribution in [0.5, 0.6) is 0 Å². The monoisotopic (exact) mass is 251 g/mol. The third-order valence-corrected chi connectivity index (χ3v) is 4.26. The summed E-state index contributed by atoms with van der Waals surface area (Å²) in [5.74, 6) is 0. The summed E-state index contributed by atoms with van der Waals surface area (Å²) in [6.07, 6.45) is 3.38. The van der Waals surface area contributed by atoms with Gasteiger partial charge in [-0.3, -0.25) is 0 Å². The molecule has 19 heavy (non-hydrogen) atoms. The van der Waals surface area contributed by atoms with Gasteiger partial charge in [0.2, 0.25) is 0 Å². The predicted octanol–water partition coefficient (Wildman–Crippen LogP) is 3.31. The van der Waals surface area contributed by atoms with Gasteiger partial charge in [0.15, 0.2) is 0 Å². The molecule has 0 bridgehead atoms. The van der Waals surface area contributed by atoms with E-state index in [9.17, 15) is 0 Å². The molecule has 2 aromatic rings. The first-order valence-electron chi connectivity index (χ1n) is 7.04. The van der Waals surface area contributed by atoms with Gasteiger partial charge in [0.25, 0.3) is 0 Å². The second kappa shape index (κ2) is 5.18. The Kier molecular flexibility index (Phi) is 3.39. The van der Waals surface area contributed by atoms with Crippen LogP contribution in [0.3, 0.4) is 0 Å². The molecule has 0 unspecified atom stereocenters. The second-order valence-corrected chi connectivity index (χ2v) is 5.74. The van der Waals surface area contributed by atoms with Gasteiger partial charge in [0.05, 0.1) is 0 Å². The van der Waals surface area contributed by atoms with Crippen molar-refractivity contribution < 1.29 is 0 Å². The standard InChI is InChI=1S/C18H21N/c1-19(2)18-12-16-9-5-3-7-14(16)11-15-8-4-6-10-17(15)13-18/h3-10,18H,11-13H2,1-2H3. The molecule has 0 radical (unpaired) electrons. The lowest BCUT2D eigenvalue weighted by Gasteiger charge is -2.28. The Balaban J connectivity index is 2.07. The number of hydrogen-bond donors (Lipinski definition) is 0. The van der Waals surface area contributed by atoms with Gasteiger partial charge in [0.1, 0.15) is 0 Å². The molecule has 0 aromatic heterocycles. The molecule has 98 valence electrons. The van der Waals surface area contributed by atoms with E-state index in [1.54, 1.807) is 0 Å². The van der Waals surface area contributed by atoms with Crippen LogP contribution >= 0.6 is 0 Å². The number of nitrogens with zero attached hydrogens (tertiary/aromatic N) is 1. The Morgan fingerprint density at radius 3 is 1.58 bits per heavy atom. The van der Waals surface area contributed by atoms with Crippen molar-refractivity contribution in [1.29, 1.82) is 0 Å². The van der Waals surface area contributed by atoms with Crippen molar-refractivity contribution in [3.05, 3.63) is 70.8 Å². The van der Waals surface area contributed by atoms with Gasteiger partial charge in [-0.1, -0.05) is 48.5 Å². The van der Waals surface area contributed by atoms with E-state index in [4.69, 9.17) is 0 Å². The maximum Gasteiger partial charge on any atom is 0.0170 e. The average Bonchev–Trinajstić information content (AvgIpc) is 2.38. The lowest BCUT2D eigenvalue weighted by molar-refractivity contribution is 0.288. The Hall–Kier alpha value is -1.60. The summed E-state index contributed by atoms with van der Waals surface area (Å²) in [6.45, 7) is 0. The summed E-state index contributed by atoms with van der Waals surface area (Å²) in [5.41, 5.74) is 5.99. The van der Waals surface area contributed by atoms with Gasteiger partial charge in [-0.05, 0) is 55.6 Å². The Morgan fingerprint density at radius 2 is 1.16 bits per heavy atom. The number of benzene rings is 2. The van der Waals surface area contributed by atoms with E-state index in [2.05, 4.69) is 67.5 Å². The third-order valence-electron chi connectivity index (χ3n) is 4.26. The number of rotatable bonds is 1. The summed E-state index contributed by atoms with van der Waals surface area (Å²) < 4.78 is 0. The first-order chi connectivity index (χ1) is 9.24. The van der Waals surface area contributed by atoms with E-state index in [0.29, 0.717) is 6.04 Å². The normalized spacial score (nSPS) is 15.5. The molecule has 1 aliphatic carbocycles. The van der Waals surface area contributed by atoms with Crippen LogP contribution in [0.1, 0.15) is 22.3 Å². The van der Waals surface area contributed by atoms with E-state index in [1.165, 1.54) is 22.3 Å².